The van der Waals surface area contributed by atoms with Gasteiger partial charge in [-0.2, -0.15) is 0 Å². The minimum Gasteiger partial charge on any atom is -0.352 e. The Morgan fingerprint density at radius 1 is 1.04 bits per heavy atom. The quantitative estimate of drug-likeness (QED) is 0.760. The molecule has 25 heavy (non-hydrogen) atoms. The van der Waals surface area contributed by atoms with Crippen molar-refractivity contribution < 1.29 is 13.6 Å². The first-order valence-corrected chi connectivity index (χ1v) is 7.29. The smallest absolute Gasteiger partial charge is 0.277 e. The standard InChI is InChI=1S/C17H13F2N5O/c1-10-2-4-14(23-13-6-12(19)7-20-9-13)16(22-10)17(25)24-15-5-3-11(18)8-21-15/h2-9,23H,1H3,(H,21,24,25). The van der Waals surface area contributed by atoms with Gasteiger partial charge in [-0.3, -0.25) is 9.78 Å². The maximum Gasteiger partial charge on any atom is 0.277 e. The van der Waals surface area contributed by atoms with Crippen LogP contribution in [0, 0.1) is 18.6 Å². The molecule has 0 saturated heterocycles. The minimum atomic E-state index is -0.533. The molecule has 0 radical (unpaired) electrons. The third-order valence-electron chi connectivity index (χ3n) is 3.20. The molecule has 6 nitrogen and oxygen atoms in total. The fourth-order valence-corrected chi connectivity index (χ4v) is 2.09. The normalized spacial score (nSPS) is 10.4. The van der Waals surface area contributed by atoms with Crippen molar-refractivity contribution in [2.45, 2.75) is 6.92 Å². The van der Waals surface area contributed by atoms with Crippen LogP contribution in [0.5, 0.6) is 0 Å². The van der Waals surface area contributed by atoms with Crippen molar-refractivity contribution in [1.29, 1.82) is 0 Å². The molecule has 1 amide bonds. The molecule has 3 aromatic heterocycles. The molecule has 3 aromatic rings. The number of hydrogen-bond donors (Lipinski definition) is 2. The molecule has 0 saturated carbocycles. The second kappa shape index (κ2) is 7.00. The third-order valence-corrected chi connectivity index (χ3v) is 3.20. The molecule has 2 N–H and O–H groups in total. The van der Waals surface area contributed by atoms with E-state index >= 15 is 0 Å². The summed E-state index contributed by atoms with van der Waals surface area (Å²) in [5.41, 5.74) is 1.47. The van der Waals surface area contributed by atoms with E-state index in [0.717, 1.165) is 12.4 Å². The van der Waals surface area contributed by atoms with E-state index in [2.05, 4.69) is 25.6 Å². The fourth-order valence-electron chi connectivity index (χ4n) is 2.09. The fraction of sp³-hybridized carbons (Fsp3) is 0.0588. The summed E-state index contributed by atoms with van der Waals surface area (Å²) in [5.74, 6) is -1.36. The lowest BCUT2D eigenvalue weighted by Gasteiger charge is -2.12. The van der Waals surface area contributed by atoms with Crippen LogP contribution in [0.4, 0.5) is 26.0 Å². The van der Waals surface area contributed by atoms with Crippen LogP contribution >= 0.6 is 0 Å². The highest BCUT2D eigenvalue weighted by Gasteiger charge is 2.15. The minimum absolute atomic E-state index is 0.0930. The molecule has 0 unspecified atom stereocenters. The zero-order valence-corrected chi connectivity index (χ0v) is 13.1. The highest BCUT2D eigenvalue weighted by Crippen LogP contribution is 2.21. The molecule has 0 spiro atoms. The van der Waals surface area contributed by atoms with E-state index in [4.69, 9.17) is 0 Å². The largest absolute Gasteiger partial charge is 0.352 e. The van der Waals surface area contributed by atoms with Gasteiger partial charge in [0.05, 0.1) is 30.0 Å². The molecule has 3 rings (SSSR count). The van der Waals surface area contributed by atoms with Gasteiger partial charge in [-0.1, -0.05) is 0 Å². The predicted molar refractivity (Wildman–Crippen MR) is 88.6 cm³/mol. The van der Waals surface area contributed by atoms with E-state index in [1.165, 1.54) is 24.4 Å². The van der Waals surface area contributed by atoms with E-state index in [9.17, 15) is 13.6 Å². The molecule has 8 heteroatoms. The number of amides is 1. The van der Waals surface area contributed by atoms with Gasteiger partial charge in [-0.15, -0.1) is 0 Å². The zero-order chi connectivity index (χ0) is 17.8. The van der Waals surface area contributed by atoms with Crippen LogP contribution in [0.15, 0.2) is 48.9 Å². The van der Waals surface area contributed by atoms with Crippen LogP contribution in [0.1, 0.15) is 16.2 Å². The van der Waals surface area contributed by atoms with Crippen LogP contribution < -0.4 is 10.6 Å². The number of rotatable bonds is 4. The Bertz CT molecular complexity index is 915. The number of carbonyl (C=O) groups excluding carboxylic acids is 1. The van der Waals surface area contributed by atoms with Gasteiger partial charge < -0.3 is 10.6 Å². The molecule has 0 aliphatic heterocycles. The number of aromatic nitrogens is 3. The van der Waals surface area contributed by atoms with Crippen LogP contribution in [0.2, 0.25) is 0 Å². The first-order valence-electron chi connectivity index (χ1n) is 7.29. The lowest BCUT2D eigenvalue weighted by molar-refractivity contribution is 0.102. The Morgan fingerprint density at radius 3 is 2.60 bits per heavy atom. The molecule has 3 heterocycles. The van der Waals surface area contributed by atoms with E-state index in [0.29, 0.717) is 17.1 Å². The van der Waals surface area contributed by atoms with Crippen molar-refractivity contribution in [2.24, 2.45) is 0 Å². The van der Waals surface area contributed by atoms with Gasteiger partial charge in [0.2, 0.25) is 0 Å². The van der Waals surface area contributed by atoms with Crippen LogP contribution in [0.25, 0.3) is 0 Å². The van der Waals surface area contributed by atoms with E-state index in [-0.39, 0.29) is 11.5 Å². The number of pyridine rings is 3. The van der Waals surface area contributed by atoms with E-state index in [1.807, 2.05) is 0 Å². The van der Waals surface area contributed by atoms with E-state index < -0.39 is 17.5 Å². The molecule has 0 aliphatic carbocycles. The van der Waals surface area contributed by atoms with Crippen molar-refractivity contribution in [3.05, 3.63) is 71.9 Å². The van der Waals surface area contributed by atoms with Gasteiger partial charge in [0, 0.05) is 11.8 Å². The molecule has 0 aromatic carbocycles. The van der Waals surface area contributed by atoms with Crippen LogP contribution in [0.3, 0.4) is 0 Å². The Morgan fingerprint density at radius 2 is 1.88 bits per heavy atom. The van der Waals surface area contributed by atoms with Crippen molar-refractivity contribution >= 4 is 23.1 Å². The third kappa shape index (κ3) is 4.11. The highest BCUT2D eigenvalue weighted by atomic mass is 19.1. The lowest BCUT2D eigenvalue weighted by Crippen LogP contribution is -2.17. The van der Waals surface area contributed by atoms with Crippen LogP contribution in [-0.4, -0.2) is 20.9 Å². The SMILES string of the molecule is Cc1ccc(Nc2cncc(F)c2)c(C(=O)Nc2ccc(F)cn2)n1. The number of carbonyl (C=O) groups is 1. The average Bonchev–Trinajstić information content (AvgIpc) is 2.58. The Hall–Kier alpha value is -3.42. The zero-order valence-electron chi connectivity index (χ0n) is 13.1. The van der Waals surface area contributed by atoms with Gasteiger partial charge in [-0.05, 0) is 31.2 Å². The maximum atomic E-state index is 13.3. The Kier molecular flexibility index (Phi) is 4.60. The van der Waals surface area contributed by atoms with Gasteiger partial charge in [-0.25, -0.2) is 18.7 Å². The molecular formula is C17H13F2N5O. The molecular weight excluding hydrogens is 328 g/mol. The summed E-state index contributed by atoms with van der Waals surface area (Å²) in [5, 5.41) is 5.45. The summed E-state index contributed by atoms with van der Waals surface area (Å²) in [6, 6.07) is 7.13. The molecule has 0 bridgehead atoms. The Labute approximate surface area is 142 Å². The van der Waals surface area contributed by atoms with Gasteiger partial charge in [0.15, 0.2) is 5.69 Å². The number of anilines is 3. The van der Waals surface area contributed by atoms with Crippen molar-refractivity contribution in [2.75, 3.05) is 10.6 Å². The molecule has 126 valence electrons. The average molecular weight is 341 g/mol. The van der Waals surface area contributed by atoms with Gasteiger partial charge in [0.25, 0.3) is 5.91 Å². The number of halogens is 2. The first kappa shape index (κ1) is 16.4. The topological polar surface area (TPSA) is 79.8 Å². The molecule has 0 fully saturated rings. The van der Waals surface area contributed by atoms with E-state index in [1.54, 1.807) is 19.1 Å². The molecule has 0 atom stereocenters. The summed E-state index contributed by atoms with van der Waals surface area (Å²) in [7, 11) is 0. The predicted octanol–water partition coefficient (Wildman–Crippen LogP) is 3.45. The summed E-state index contributed by atoms with van der Waals surface area (Å²) >= 11 is 0. The summed E-state index contributed by atoms with van der Waals surface area (Å²) in [6.45, 7) is 1.74. The van der Waals surface area contributed by atoms with Crippen LogP contribution in [-0.2, 0) is 0 Å². The number of nitrogens with one attached hydrogen (secondary N) is 2. The summed E-state index contributed by atoms with van der Waals surface area (Å²) < 4.78 is 26.2. The monoisotopic (exact) mass is 341 g/mol. The number of nitrogens with zero attached hydrogens (tertiary/aromatic N) is 3. The summed E-state index contributed by atoms with van der Waals surface area (Å²) in [6.07, 6.45) is 3.50. The van der Waals surface area contributed by atoms with Gasteiger partial charge in [0.1, 0.15) is 17.5 Å². The highest BCUT2D eigenvalue weighted by molar-refractivity contribution is 6.06. The Balaban J connectivity index is 1.88. The maximum absolute atomic E-state index is 13.3. The van der Waals surface area contributed by atoms with Crippen molar-refractivity contribution in [1.82, 2.24) is 15.0 Å². The number of hydrogen-bond acceptors (Lipinski definition) is 5. The first-order chi connectivity index (χ1) is 12.0. The van der Waals surface area contributed by atoms with Crippen molar-refractivity contribution in [3.63, 3.8) is 0 Å². The second-order valence-electron chi connectivity index (χ2n) is 5.18. The second-order valence-corrected chi connectivity index (χ2v) is 5.18. The number of aryl methyl sites for hydroxylation is 1. The van der Waals surface area contributed by atoms with Crippen molar-refractivity contribution in [3.8, 4) is 0 Å². The molecule has 0 aliphatic rings. The lowest BCUT2D eigenvalue weighted by atomic mass is 10.2. The van der Waals surface area contributed by atoms with Gasteiger partial charge >= 0.3 is 0 Å². The summed E-state index contributed by atoms with van der Waals surface area (Å²) in [4.78, 5) is 24.2.